The SMILES string of the molecule is CC(=O)Cc1ccc(OC(F)F)cc1S. The third kappa shape index (κ3) is 3.87. The van der Waals surface area contributed by atoms with Gasteiger partial charge in [-0.2, -0.15) is 8.78 Å². The van der Waals surface area contributed by atoms with Gasteiger partial charge in [0.1, 0.15) is 11.5 Å². The van der Waals surface area contributed by atoms with Crippen molar-refractivity contribution in [2.75, 3.05) is 0 Å². The number of ether oxygens (including phenoxy) is 1. The molecule has 0 aliphatic heterocycles. The average Bonchev–Trinajstić information content (AvgIpc) is 2.08. The number of carbonyl (C=O) groups is 1. The zero-order valence-electron chi connectivity index (χ0n) is 8.04. The lowest BCUT2D eigenvalue weighted by Crippen LogP contribution is -2.03. The van der Waals surface area contributed by atoms with E-state index >= 15 is 0 Å². The van der Waals surface area contributed by atoms with Crippen LogP contribution in [0.5, 0.6) is 5.75 Å². The predicted octanol–water partition coefficient (Wildman–Crippen LogP) is 2.71. The van der Waals surface area contributed by atoms with Crippen LogP contribution in [0.3, 0.4) is 0 Å². The van der Waals surface area contributed by atoms with E-state index in [0.29, 0.717) is 10.5 Å². The fourth-order valence-electron chi connectivity index (χ4n) is 1.14. The van der Waals surface area contributed by atoms with Gasteiger partial charge in [0.25, 0.3) is 0 Å². The van der Waals surface area contributed by atoms with Gasteiger partial charge in [-0.1, -0.05) is 6.07 Å². The number of ketones is 1. The monoisotopic (exact) mass is 232 g/mol. The average molecular weight is 232 g/mol. The summed E-state index contributed by atoms with van der Waals surface area (Å²) in [5, 5.41) is 0. The van der Waals surface area contributed by atoms with E-state index in [1.165, 1.54) is 19.1 Å². The maximum Gasteiger partial charge on any atom is 0.387 e. The van der Waals surface area contributed by atoms with Gasteiger partial charge in [-0.25, -0.2) is 0 Å². The van der Waals surface area contributed by atoms with Crippen LogP contribution >= 0.6 is 12.6 Å². The van der Waals surface area contributed by atoms with Gasteiger partial charge in [-0.15, -0.1) is 12.6 Å². The zero-order chi connectivity index (χ0) is 11.4. The summed E-state index contributed by atoms with van der Waals surface area (Å²) in [6.07, 6.45) is 0.244. The molecule has 0 spiro atoms. The van der Waals surface area contributed by atoms with Gasteiger partial charge in [0.2, 0.25) is 0 Å². The molecular weight excluding hydrogens is 222 g/mol. The molecule has 15 heavy (non-hydrogen) atoms. The van der Waals surface area contributed by atoms with E-state index < -0.39 is 6.61 Å². The van der Waals surface area contributed by atoms with Gasteiger partial charge in [0.15, 0.2) is 0 Å². The molecule has 82 valence electrons. The highest BCUT2D eigenvalue weighted by Gasteiger charge is 2.07. The van der Waals surface area contributed by atoms with Crippen molar-refractivity contribution in [1.82, 2.24) is 0 Å². The van der Waals surface area contributed by atoms with Crippen LogP contribution in [0.25, 0.3) is 0 Å². The van der Waals surface area contributed by atoms with E-state index in [2.05, 4.69) is 17.4 Å². The number of carbonyl (C=O) groups excluding carboxylic acids is 1. The first kappa shape index (κ1) is 12.0. The van der Waals surface area contributed by atoms with Gasteiger partial charge in [0, 0.05) is 11.3 Å². The standard InChI is InChI=1S/C10H10F2O2S/c1-6(13)4-7-2-3-8(5-9(7)15)14-10(11)12/h2-3,5,10,15H,4H2,1H3. The lowest BCUT2D eigenvalue weighted by molar-refractivity contribution is -0.116. The van der Waals surface area contributed by atoms with Crippen molar-refractivity contribution in [3.63, 3.8) is 0 Å². The van der Waals surface area contributed by atoms with Crippen molar-refractivity contribution in [3.05, 3.63) is 23.8 Å². The van der Waals surface area contributed by atoms with E-state index in [-0.39, 0.29) is 18.0 Å². The summed E-state index contributed by atoms with van der Waals surface area (Å²) in [6, 6.07) is 4.32. The quantitative estimate of drug-likeness (QED) is 0.808. The summed E-state index contributed by atoms with van der Waals surface area (Å²) in [6.45, 7) is -1.40. The molecule has 0 aromatic heterocycles. The number of hydrogen-bond donors (Lipinski definition) is 1. The minimum Gasteiger partial charge on any atom is -0.435 e. The minimum atomic E-state index is -2.85. The van der Waals surface area contributed by atoms with Crippen LogP contribution in [-0.2, 0) is 11.2 Å². The Balaban J connectivity index is 2.83. The highest BCUT2D eigenvalue weighted by Crippen LogP contribution is 2.22. The molecule has 0 saturated heterocycles. The number of Topliss-reactive ketones (excluding diaryl/α,β-unsaturated/α-hetero) is 1. The molecule has 0 saturated carbocycles. The molecule has 0 radical (unpaired) electrons. The number of alkyl halides is 2. The van der Waals surface area contributed by atoms with Gasteiger partial charge >= 0.3 is 6.61 Å². The van der Waals surface area contributed by atoms with Crippen LogP contribution in [0.1, 0.15) is 12.5 Å². The van der Waals surface area contributed by atoms with Crippen LogP contribution in [-0.4, -0.2) is 12.4 Å². The summed E-state index contributed by atoms with van der Waals surface area (Å²) in [7, 11) is 0. The van der Waals surface area contributed by atoms with Crippen LogP contribution in [0.2, 0.25) is 0 Å². The number of benzene rings is 1. The molecule has 0 fully saturated rings. The maximum atomic E-state index is 11.9. The lowest BCUT2D eigenvalue weighted by atomic mass is 10.1. The highest BCUT2D eigenvalue weighted by atomic mass is 32.1. The second-order valence-electron chi connectivity index (χ2n) is 3.05. The third-order valence-electron chi connectivity index (χ3n) is 1.72. The van der Waals surface area contributed by atoms with Gasteiger partial charge in [0.05, 0.1) is 0 Å². The summed E-state index contributed by atoms with van der Waals surface area (Å²) in [5.41, 5.74) is 0.701. The number of halogens is 2. The number of rotatable bonds is 4. The van der Waals surface area contributed by atoms with Crippen LogP contribution in [0, 0.1) is 0 Å². The number of hydrogen-bond acceptors (Lipinski definition) is 3. The van der Waals surface area contributed by atoms with E-state index in [1.807, 2.05) is 0 Å². The molecule has 0 heterocycles. The largest absolute Gasteiger partial charge is 0.435 e. The zero-order valence-corrected chi connectivity index (χ0v) is 8.93. The first-order valence-corrected chi connectivity index (χ1v) is 4.70. The molecule has 0 N–H and O–H groups in total. The second-order valence-corrected chi connectivity index (χ2v) is 3.53. The first-order chi connectivity index (χ1) is 6.99. The van der Waals surface area contributed by atoms with Crippen LogP contribution in [0.4, 0.5) is 8.78 Å². The van der Waals surface area contributed by atoms with E-state index in [1.54, 1.807) is 6.07 Å². The molecule has 1 aromatic rings. The molecular formula is C10H10F2O2S. The Kier molecular flexibility index (Phi) is 4.08. The fraction of sp³-hybridized carbons (Fsp3) is 0.300. The normalized spacial score (nSPS) is 10.5. The molecule has 0 unspecified atom stereocenters. The Hall–Kier alpha value is -1.10. The van der Waals surface area contributed by atoms with Gasteiger partial charge in [-0.3, -0.25) is 4.79 Å². The summed E-state index contributed by atoms with van der Waals surface area (Å²) in [4.78, 5) is 11.3. The Morgan fingerprint density at radius 2 is 2.20 bits per heavy atom. The topological polar surface area (TPSA) is 26.3 Å². The predicted molar refractivity (Wildman–Crippen MR) is 54.7 cm³/mol. The van der Waals surface area contributed by atoms with Crippen LogP contribution in [0.15, 0.2) is 23.1 Å². The summed E-state index contributed by atoms with van der Waals surface area (Å²) < 4.78 is 27.9. The molecule has 0 atom stereocenters. The maximum absolute atomic E-state index is 11.9. The second kappa shape index (κ2) is 5.11. The van der Waals surface area contributed by atoms with Crippen molar-refractivity contribution >= 4 is 18.4 Å². The van der Waals surface area contributed by atoms with Gasteiger partial charge in [-0.05, 0) is 24.6 Å². The molecule has 5 heteroatoms. The van der Waals surface area contributed by atoms with Crippen molar-refractivity contribution in [3.8, 4) is 5.75 Å². The van der Waals surface area contributed by atoms with Crippen molar-refractivity contribution in [2.24, 2.45) is 0 Å². The Morgan fingerprint density at radius 3 is 2.67 bits per heavy atom. The highest BCUT2D eigenvalue weighted by molar-refractivity contribution is 7.80. The molecule has 0 aliphatic rings. The minimum absolute atomic E-state index is 0.00664. The number of thiol groups is 1. The molecule has 1 aromatic carbocycles. The molecule has 0 aliphatic carbocycles. The first-order valence-electron chi connectivity index (χ1n) is 4.25. The van der Waals surface area contributed by atoms with Gasteiger partial charge < -0.3 is 4.74 Å². The lowest BCUT2D eigenvalue weighted by Gasteiger charge is -2.07. The Morgan fingerprint density at radius 1 is 1.53 bits per heavy atom. The summed E-state index contributed by atoms with van der Waals surface area (Å²) >= 11 is 4.09. The molecule has 0 bridgehead atoms. The Bertz CT molecular complexity index is 366. The summed E-state index contributed by atoms with van der Waals surface area (Å²) in [5.74, 6) is 0.0372. The molecule has 2 nitrogen and oxygen atoms in total. The van der Waals surface area contributed by atoms with Crippen molar-refractivity contribution < 1.29 is 18.3 Å². The smallest absolute Gasteiger partial charge is 0.387 e. The molecule has 1 rings (SSSR count). The fourth-order valence-corrected chi connectivity index (χ4v) is 1.42. The van der Waals surface area contributed by atoms with Crippen LogP contribution < -0.4 is 4.74 Å². The van der Waals surface area contributed by atoms with E-state index in [0.717, 1.165) is 0 Å². The third-order valence-corrected chi connectivity index (χ3v) is 2.14. The van der Waals surface area contributed by atoms with E-state index in [4.69, 9.17) is 0 Å². The Labute approximate surface area is 91.7 Å². The van der Waals surface area contributed by atoms with Crippen molar-refractivity contribution in [2.45, 2.75) is 24.9 Å². The van der Waals surface area contributed by atoms with Crippen molar-refractivity contribution in [1.29, 1.82) is 0 Å². The molecule has 0 amide bonds. The van der Waals surface area contributed by atoms with E-state index in [9.17, 15) is 13.6 Å².